The van der Waals surface area contributed by atoms with E-state index in [0.717, 1.165) is 22.8 Å². The van der Waals surface area contributed by atoms with Crippen LogP contribution in [0.5, 0.6) is 0 Å². The summed E-state index contributed by atoms with van der Waals surface area (Å²) in [6.07, 6.45) is 1.47. The molecule has 0 spiro atoms. The van der Waals surface area contributed by atoms with Crippen LogP contribution in [0.3, 0.4) is 0 Å². The lowest BCUT2D eigenvalue weighted by molar-refractivity contribution is -0.121. The van der Waals surface area contributed by atoms with Crippen molar-refractivity contribution in [3.63, 3.8) is 0 Å². The van der Waals surface area contributed by atoms with Gasteiger partial charge in [0.05, 0.1) is 6.04 Å². The number of benzene rings is 1. The first-order valence-corrected chi connectivity index (χ1v) is 8.37. The third-order valence-corrected chi connectivity index (χ3v) is 4.61. The molecule has 0 aromatic heterocycles. The second kappa shape index (κ2) is 7.34. The zero-order valence-corrected chi connectivity index (χ0v) is 13.5. The standard InChI is InChI=1S/C15H21ClN2OS/c1-10(2)17-7-5-15(19)18-13-6-8-20-14-4-3-11(16)9-12(13)14/h3-4,9-10,13,17H,5-8H2,1-2H3,(H,18,19). The van der Waals surface area contributed by atoms with Crippen molar-refractivity contribution in [1.29, 1.82) is 0 Å². The van der Waals surface area contributed by atoms with E-state index in [-0.39, 0.29) is 11.9 Å². The van der Waals surface area contributed by atoms with Crippen molar-refractivity contribution in [2.45, 2.75) is 43.7 Å². The second-order valence-electron chi connectivity index (χ2n) is 5.30. The zero-order valence-electron chi connectivity index (χ0n) is 11.9. The topological polar surface area (TPSA) is 41.1 Å². The van der Waals surface area contributed by atoms with Crippen LogP contribution in [0.1, 0.15) is 38.3 Å². The summed E-state index contributed by atoms with van der Waals surface area (Å²) in [4.78, 5) is 13.2. The van der Waals surface area contributed by atoms with Gasteiger partial charge in [0, 0.05) is 34.7 Å². The quantitative estimate of drug-likeness (QED) is 0.875. The summed E-state index contributed by atoms with van der Waals surface area (Å²) in [6.45, 7) is 4.87. The average molecular weight is 313 g/mol. The van der Waals surface area contributed by atoms with E-state index in [1.54, 1.807) is 0 Å². The summed E-state index contributed by atoms with van der Waals surface area (Å²) >= 11 is 7.89. The van der Waals surface area contributed by atoms with E-state index in [1.807, 2.05) is 30.0 Å². The minimum atomic E-state index is 0.0940. The van der Waals surface area contributed by atoms with Gasteiger partial charge in [-0.25, -0.2) is 0 Å². The van der Waals surface area contributed by atoms with Gasteiger partial charge in [0.15, 0.2) is 0 Å². The summed E-state index contributed by atoms with van der Waals surface area (Å²) in [5.74, 6) is 1.13. The molecule has 0 saturated heterocycles. The van der Waals surface area contributed by atoms with Gasteiger partial charge < -0.3 is 10.6 Å². The first kappa shape index (κ1) is 15.7. The number of carbonyl (C=O) groups excluding carboxylic acids is 1. The number of thioether (sulfide) groups is 1. The lowest BCUT2D eigenvalue weighted by atomic mass is 10.0. The fourth-order valence-electron chi connectivity index (χ4n) is 2.26. The predicted molar refractivity (Wildman–Crippen MR) is 85.4 cm³/mol. The van der Waals surface area contributed by atoms with Crippen molar-refractivity contribution in [2.24, 2.45) is 0 Å². The maximum Gasteiger partial charge on any atom is 0.221 e. The summed E-state index contributed by atoms with van der Waals surface area (Å²) < 4.78 is 0. The minimum absolute atomic E-state index is 0.0940. The van der Waals surface area contributed by atoms with Crippen LogP contribution in [0.4, 0.5) is 0 Å². The fraction of sp³-hybridized carbons (Fsp3) is 0.533. The Kier molecular flexibility index (Phi) is 5.75. The maximum absolute atomic E-state index is 12.0. The van der Waals surface area contributed by atoms with Crippen molar-refractivity contribution in [2.75, 3.05) is 12.3 Å². The normalized spacial score (nSPS) is 17.9. The molecule has 1 aliphatic rings. The number of fused-ring (bicyclic) bond motifs is 1. The maximum atomic E-state index is 12.0. The van der Waals surface area contributed by atoms with Crippen LogP contribution in [0.15, 0.2) is 23.1 Å². The van der Waals surface area contributed by atoms with Crippen LogP contribution in [0.2, 0.25) is 5.02 Å². The molecule has 20 heavy (non-hydrogen) atoms. The van der Waals surface area contributed by atoms with Crippen molar-refractivity contribution in [3.8, 4) is 0 Å². The van der Waals surface area contributed by atoms with Gasteiger partial charge in [-0.15, -0.1) is 11.8 Å². The lowest BCUT2D eigenvalue weighted by Gasteiger charge is -2.26. The van der Waals surface area contributed by atoms with Gasteiger partial charge in [-0.2, -0.15) is 0 Å². The number of hydrogen-bond donors (Lipinski definition) is 2. The van der Waals surface area contributed by atoms with Crippen molar-refractivity contribution >= 4 is 29.3 Å². The average Bonchev–Trinajstić information content (AvgIpc) is 2.39. The molecule has 1 aliphatic heterocycles. The van der Waals surface area contributed by atoms with E-state index in [1.165, 1.54) is 4.90 Å². The fourth-order valence-corrected chi connectivity index (χ4v) is 3.54. The molecule has 1 unspecified atom stereocenters. The lowest BCUT2D eigenvalue weighted by Crippen LogP contribution is -2.34. The zero-order chi connectivity index (χ0) is 14.5. The van der Waals surface area contributed by atoms with E-state index >= 15 is 0 Å². The molecule has 110 valence electrons. The first-order chi connectivity index (χ1) is 9.56. The van der Waals surface area contributed by atoms with Crippen LogP contribution in [0.25, 0.3) is 0 Å². The number of nitrogens with one attached hydrogen (secondary N) is 2. The molecule has 0 aliphatic carbocycles. The Morgan fingerprint density at radius 1 is 1.50 bits per heavy atom. The Morgan fingerprint density at radius 2 is 2.30 bits per heavy atom. The molecule has 0 saturated carbocycles. The summed E-state index contributed by atoms with van der Waals surface area (Å²) in [6, 6.07) is 6.43. The highest BCUT2D eigenvalue weighted by molar-refractivity contribution is 7.99. The predicted octanol–water partition coefficient (Wildman–Crippen LogP) is 3.38. The molecule has 1 heterocycles. The first-order valence-electron chi connectivity index (χ1n) is 7.01. The van der Waals surface area contributed by atoms with Gasteiger partial charge in [0.2, 0.25) is 5.91 Å². The molecule has 0 fully saturated rings. The van der Waals surface area contributed by atoms with Gasteiger partial charge in [-0.05, 0) is 30.2 Å². The summed E-state index contributed by atoms with van der Waals surface area (Å²) in [5.41, 5.74) is 1.15. The van der Waals surface area contributed by atoms with Crippen molar-refractivity contribution in [3.05, 3.63) is 28.8 Å². The molecule has 3 nitrogen and oxygen atoms in total. The van der Waals surface area contributed by atoms with Crippen LogP contribution < -0.4 is 10.6 Å². The van der Waals surface area contributed by atoms with E-state index < -0.39 is 0 Å². The molecule has 5 heteroatoms. The Hall–Kier alpha value is -0.710. The van der Waals surface area contributed by atoms with Crippen molar-refractivity contribution in [1.82, 2.24) is 10.6 Å². The molecular formula is C15H21ClN2OS. The Morgan fingerprint density at radius 3 is 3.05 bits per heavy atom. The number of halogens is 1. The number of hydrogen-bond acceptors (Lipinski definition) is 3. The third-order valence-electron chi connectivity index (χ3n) is 3.25. The highest BCUT2D eigenvalue weighted by atomic mass is 35.5. The molecule has 1 aromatic rings. The third kappa shape index (κ3) is 4.40. The van der Waals surface area contributed by atoms with Gasteiger partial charge in [0.1, 0.15) is 0 Å². The molecule has 2 N–H and O–H groups in total. The molecular weight excluding hydrogens is 292 g/mol. The molecule has 0 radical (unpaired) electrons. The van der Waals surface area contributed by atoms with E-state index in [4.69, 9.17) is 11.6 Å². The van der Waals surface area contributed by atoms with Gasteiger partial charge in [0.25, 0.3) is 0 Å². The number of rotatable bonds is 5. The molecule has 2 rings (SSSR count). The smallest absolute Gasteiger partial charge is 0.221 e. The highest BCUT2D eigenvalue weighted by Gasteiger charge is 2.22. The van der Waals surface area contributed by atoms with Gasteiger partial charge >= 0.3 is 0 Å². The Balaban J connectivity index is 1.94. The van der Waals surface area contributed by atoms with Gasteiger partial charge in [-0.1, -0.05) is 25.4 Å². The highest BCUT2D eigenvalue weighted by Crippen LogP contribution is 2.37. The molecule has 1 aromatic carbocycles. The van der Waals surface area contributed by atoms with E-state index in [9.17, 15) is 4.79 Å². The molecule has 0 bridgehead atoms. The monoisotopic (exact) mass is 312 g/mol. The van der Waals surface area contributed by atoms with E-state index in [0.29, 0.717) is 19.0 Å². The number of amides is 1. The summed E-state index contributed by atoms with van der Waals surface area (Å²) in [7, 11) is 0. The Bertz CT molecular complexity index is 479. The summed E-state index contributed by atoms with van der Waals surface area (Å²) in [5, 5.41) is 7.11. The van der Waals surface area contributed by atoms with E-state index in [2.05, 4.69) is 24.5 Å². The largest absolute Gasteiger partial charge is 0.349 e. The molecule has 1 amide bonds. The minimum Gasteiger partial charge on any atom is -0.349 e. The van der Waals surface area contributed by atoms with Crippen LogP contribution in [0, 0.1) is 0 Å². The van der Waals surface area contributed by atoms with Gasteiger partial charge in [-0.3, -0.25) is 4.79 Å². The second-order valence-corrected chi connectivity index (χ2v) is 6.87. The number of carbonyl (C=O) groups is 1. The molecule has 1 atom stereocenters. The van der Waals surface area contributed by atoms with Crippen LogP contribution in [-0.4, -0.2) is 24.2 Å². The SMILES string of the molecule is CC(C)NCCC(=O)NC1CCSc2ccc(Cl)cc21. The van der Waals surface area contributed by atoms with Crippen molar-refractivity contribution < 1.29 is 4.79 Å². The Labute approximate surface area is 129 Å². The van der Waals surface area contributed by atoms with Crippen LogP contribution >= 0.6 is 23.4 Å². The van der Waals surface area contributed by atoms with Crippen LogP contribution in [-0.2, 0) is 4.79 Å².